The number of hydrogen-bond donors (Lipinski definition) is 0. The van der Waals surface area contributed by atoms with Crippen LogP contribution in [-0.2, 0) is 9.59 Å². The van der Waals surface area contributed by atoms with E-state index in [9.17, 15) is 9.59 Å². The normalized spacial score (nSPS) is 28.9. The van der Waals surface area contributed by atoms with Gasteiger partial charge in [0.25, 0.3) is 0 Å². The number of benzene rings is 3. The Morgan fingerprint density at radius 3 is 1.62 bits per heavy atom. The van der Waals surface area contributed by atoms with Crippen molar-refractivity contribution in [2.75, 3.05) is 7.05 Å². The standard InChI is InChI=1S/C23H17NO2/c1-24-22(25)20-16-6-7-17(21(20)23(24)26)19-11-15-9-13-5-3-2-4-12(13)8-14(15)10-18(16)19/h2-11,16-17,20-21H,1H3. The van der Waals surface area contributed by atoms with E-state index in [4.69, 9.17) is 0 Å². The van der Waals surface area contributed by atoms with Crippen LogP contribution in [0.4, 0.5) is 0 Å². The molecule has 1 aliphatic heterocycles. The molecule has 4 unspecified atom stereocenters. The molecule has 4 atom stereocenters. The number of hydrogen-bond acceptors (Lipinski definition) is 2. The SMILES string of the molecule is CN1C(=O)C2C3C=CC(c4cc5cc6ccccc6cc5cc43)C2C1=O. The summed E-state index contributed by atoms with van der Waals surface area (Å²) in [6, 6.07) is 17.3. The van der Waals surface area contributed by atoms with Gasteiger partial charge in [0, 0.05) is 18.9 Å². The van der Waals surface area contributed by atoms with Crippen molar-refractivity contribution in [2.24, 2.45) is 11.8 Å². The highest BCUT2D eigenvalue weighted by Gasteiger charge is 2.57. The second kappa shape index (κ2) is 4.61. The van der Waals surface area contributed by atoms with Crippen molar-refractivity contribution in [2.45, 2.75) is 11.8 Å². The van der Waals surface area contributed by atoms with Crippen molar-refractivity contribution in [3.05, 3.63) is 71.8 Å². The first-order valence-corrected chi connectivity index (χ1v) is 9.09. The van der Waals surface area contributed by atoms with E-state index in [1.165, 1.54) is 37.6 Å². The van der Waals surface area contributed by atoms with Gasteiger partial charge < -0.3 is 0 Å². The summed E-state index contributed by atoms with van der Waals surface area (Å²) in [6.45, 7) is 0. The van der Waals surface area contributed by atoms with Crippen LogP contribution in [0.1, 0.15) is 23.0 Å². The Morgan fingerprint density at radius 1 is 0.692 bits per heavy atom. The lowest BCUT2D eigenvalue weighted by Gasteiger charge is -2.40. The molecule has 0 spiro atoms. The zero-order valence-corrected chi connectivity index (χ0v) is 14.3. The lowest BCUT2D eigenvalue weighted by molar-refractivity contribution is -0.138. The third-order valence-corrected chi connectivity index (χ3v) is 6.54. The molecule has 7 rings (SSSR count). The molecule has 3 heteroatoms. The maximum absolute atomic E-state index is 12.7. The summed E-state index contributed by atoms with van der Waals surface area (Å²) in [5.74, 6) is -0.484. The largest absolute Gasteiger partial charge is 0.285 e. The van der Waals surface area contributed by atoms with Gasteiger partial charge in [0.05, 0.1) is 11.8 Å². The van der Waals surface area contributed by atoms with Crippen molar-refractivity contribution in [3.63, 3.8) is 0 Å². The Hall–Kier alpha value is -2.94. The van der Waals surface area contributed by atoms with Crippen molar-refractivity contribution in [1.29, 1.82) is 0 Å². The van der Waals surface area contributed by atoms with Gasteiger partial charge in [0.1, 0.15) is 0 Å². The molecule has 0 saturated carbocycles. The van der Waals surface area contributed by atoms with Crippen molar-refractivity contribution < 1.29 is 9.59 Å². The number of nitrogens with zero attached hydrogens (tertiary/aromatic N) is 1. The first-order chi connectivity index (χ1) is 12.6. The molecule has 0 radical (unpaired) electrons. The van der Waals surface area contributed by atoms with E-state index in [0.717, 1.165) is 0 Å². The maximum Gasteiger partial charge on any atom is 0.233 e. The molecule has 3 aromatic carbocycles. The molecule has 126 valence electrons. The lowest BCUT2D eigenvalue weighted by Crippen LogP contribution is -2.37. The molecule has 1 heterocycles. The van der Waals surface area contributed by atoms with Crippen LogP contribution < -0.4 is 0 Å². The van der Waals surface area contributed by atoms with Gasteiger partial charge in [-0.2, -0.15) is 0 Å². The molecule has 3 nitrogen and oxygen atoms in total. The Kier molecular flexibility index (Phi) is 2.53. The molecule has 1 fully saturated rings. The van der Waals surface area contributed by atoms with E-state index in [-0.39, 0.29) is 35.5 Å². The number of fused-ring (bicyclic) bond motifs is 2. The van der Waals surface area contributed by atoms with E-state index in [1.54, 1.807) is 7.05 Å². The molecule has 3 aromatic rings. The molecule has 1 saturated heterocycles. The first-order valence-electron chi connectivity index (χ1n) is 9.09. The average Bonchev–Trinajstić information content (AvgIpc) is 2.91. The number of amides is 2. The molecule has 2 bridgehead atoms. The zero-order chi connectivity index (χ0) is 17.6. The molecular formula is C23H17NO2. The monoisotopic (exact) mass is 339 g/mol. The highest BCUT2D eigenvalue weighted by atomic mass is 16.2. The van der Waals surface area contributed by atoms with Crippen molar-refractivity contribution in [3.8, 4) is 0 Å². The lowest BCUT2D eigenvalue weighted by atomic mass is 9.60. The Morgan fingerprint density at radius 2 is 1.15 bits per heavy atom. The van der Waals surface area contributed by atoms with Gasteiger partial charge in [-0.3, -0.25) is 14.5 Å². The number of rotatable bonds is 0. The first kappa shape index (κ1) is 14.3. The smallest absolute Gasteiger partial charge is 0.233 e. The highest BCUT2D eigenvalue weighted by molar-refractivity contribution is 6.07. The fourth-order valence-corrected chi connectivity index (χ4v) is 5.29. The number of imide groups is 1. The van der Waals surface area contributed by atoms with Gasteiger partial charge in [0.2, 0.25) is 11.8 Å². The van der Waals surface area contributed by atoms with E-state index in [2.05, 4.69) is 60.7 Å². The van der Waals surface area contributed by atoms with Gasteiger partial charge in [-0.15, -0.1) is 0 Å². The highest BCUT2D eigenvalue weighted by Crippen LogP contribution is 2.56. The van der Waals surface area contributed by atoms with Crippen LogP contribution in [0.2, 0.25) is 0 Å². The molecule has 2 amide bonds. The summed E-state index contributed by atoms with van der Waals surface area (Å²) >= 11 is 0. The second-order valence-corrected chi connectivity index (χ2v) is 7.75. The number of carbonyl (C=O) groups is 2. The molecular weight excluding hydrogens is 322 g/mol. The molecule has 3 aliphatic carbocycles. The fraction of sp³-hybridized carbons (Fsp3) is 0.217. The summed E-state index contributed by atoms with van der Waals surface area (Å²) in [7, 11) is 1.62. The van der Waals surface area contributed by atoms with E-state index in [1.807, 2.05) is 0 Å². The predicted molar refractivity (Wildman–Crippen MR) is 101 cm³/mol. The van der Waals surface area contributed by atoms with Crippen LogP contribution in [0.5, 0.6) is 0 Å². The summed E-state index contributed by atoms with van der Waals surface area (Å²) in [5, 5.41) is 4.84. The minimum Gasteiger partial charge on any atom is -0.285 e. The van der Waals surface area contributed by atoms with E-state index < -0.39 is 0 Å². The average molecular weight is 339 g/mol. The van der Waals surface area contributed by atoms with Crippen LogP contribution >= 0.6 is 0 Å². The number of carbonyl (C=O) groups excluding carboxylic acids is 2. The molecule has 4 aliphatic rings. The van der Waals surface area contributed by atoms with Crippen LogP contribution in [0.25, 0.3) is 21.5 Å². The van der Waals surface area contributed by atoms with Gasteiger partial charge in [-0.05, 0) is 44.8 Å². The van der Waals surface area contributed by atoms with Crippen LogP contribution in [0.15, 0.2) is 60.7 Å². The topological polar surface area (TPSA) is 37.4 Å². The maximum atomic E-state index is 12.7. The summed E-state index contributed by atoms with van der Waals surface area (Å²) in [4.78, 5) is 26.7. The molecule has 26 heavy (non-hydrogen) atoms. The van der Waals surface area contributed by atoms with Crippen LogP contribution in [0, 0.1) is 11.8 Å². The van der Waals surface area contributed by atoms with Crippen LogP contribution in [-0.4, -0.2) is 23.8 Å². The summed E-state index contributed by atoms with van der Waals surface area (Å²) < 4.78 is 0. The number of allylic oxidation sites excluding steroid dienone is 2. The molecule has 0 aromatic heterocycles. The molecule has 0 N–H and O–H groups in total. The van der Waals surface area contributed by atoms with Gasteiger partial charge in [-0.25, -0.2) is 0 Å². The van der Waals surface area contributed by atoms with Crippen molar-refractivity contribution in [1.82, 2.24) is 4.90 Å². The minimum absolute atomic E-state index is 0.0114. The quantitative estimate of drug-likeness (QED) is 0.353. The van der Waals surface area contributed by atoms with Gasteiger partial charge in [0.15, 0.2) is 0 Å². The van der Waals surface area contributed by atoms with E-state index >= 15 is 0 Å². The summed E-state index contributed by atoms with van der Waals surface area (Å²) in [5.41, 5.74) is 2.44. The Bertz CT molecular complexity index is 1090. The minimum atomic E-state index is -0.229. The Balaban J connectivity index is 1.62. The third kappa shape index (κ3) is 1.59. The predicted octanol–water partition coefficient (Wildman–Crippen LogP) is 3.97. The Labute approximate surface area is 150 Å². The van der Waals surface area contributed by atoms with E-state index in [0.29, 0.717) is 0 Å². The van der Waals surface area contributed by atoms with Crippen LogP contribution in [0.3, 0.4) is 0 Å². The number of likely N-dealkylation sites (tertiary alicyclic amines) is 1. The summed E-state index contributed by atoms with van der Waals surface area (Å²) in [6.07, 6.45) is 4.29. The fourth-order valence-electron chi connectivity index (χ4n) is 5.29. The third-order valence-electron chi connectivity index (χ3n) is 6.54. The van der Waals surface area contributed by atoms with Gasteiger partial charge in [-0.1, -0.05) is 48.6 Å². The second-order valence-electron chi connectivity index (χ2n) is 7.75. The van der Waals surface area contributed by atoms with Gasteiger partial charge >= 0.3 is 0 Å². The zero-order valence-electron chi connectivity index (χ0n) is 14.3. The van der Waals surface area contributed by atoms with Crippen molar-refractivity contribution >= 4 is 33.4 Å².